The van der Waals surface area contributed by atoms with Gasteiger partial charge in [0, 0.05) is 11.8 Å². The van der Waals surface area contributed by atoms with Gasteiger partial charge in [-0.15, -0.1) is 0 Å². The summed E-state index contributed by atoms with van der Waals surface area (Å²) in [5.41, 5.74) is -1.20. The highest BCUT2D eigenvalue weighted by atomic mass is 35.5. The predicted octanol–water partition coefficient (Wildman–Crippen LogP) is -0.565. The topological polar surface area (TPSA) is 105 Å². The Labute approximate surface area is 135 Å². The van der Waals surface area contributed by atoms with Gasteiger partial charge in [-0.25, -0.2) is 9.18 Å². The average molecular weight is 347 g/mol. The first-order chi connectivity index (χ1) is 10.7. The molecule has 1 saturated heterocycles. The van der Waals surface area contributed by atoms with Crippen molar-refractivity contribution in [1.82, 2.24) is 9.55 Å². The van der Waals surface area contributed by atoms with Crippen molar-refractivity contribution >= 4 is 11.6 Å². The highest BCUT2D eigenvalue weighted by molar-refractivity contribution is 6.27. The summed E-state index contributed by atoms with van der Waals surface area (Å²) in [5, 5.41) is 20.1. The van der Waals surface area contributed by atoms with Crippen LogP contribution in [0.4, 0.5) is 4.39 Å². The van der Waals surface area contributed by atoms with E-state index in [0.29, 0.717) is 0 Å². The van der Waals surface area contributed by atoms with Crippen LogP contribution in [0.1, 0.15) is 18.8 Å². The second-order valence-electron chi connectivity index (χ2n) is 5.29. The van der Waals surface area contributed by atoms with Crippen LogP contribution >= 0.6 is 11.6 Å². The number of aliphatic hydroxyl groups is 2. The molecular formula is C14H16ClFN2O5. The minimum Gasteiger partial charge on any atom is -0.391 e. The minimum atomic E-state index is -1.86. The molecule has 0 radical (unpaired) electrons. The molecular weight excluding hydrogens is 331 g/mol. The molecule has 0 amide bonds. The van der Waals surface area contributed by atoms with Crippen LogP contribution in [0.15, 0.2) is 15.7 Å². The number of aryl methyl sites for hydroxylation is 1. The zero-order chi connectivity index (χ0) is 17.4. The Bertz CT molecular complexity index is 765. The van der Waals surface area contributed by atoms with Gasteiger partial charge in [0.25, 0.3) is 5.56 Å². The molecule has 1 unspecified atom stereocenters. The molecule has 1 aliphatic heterocycles. The lowest BCUT2D eigenvalue weighted by Crippen LogP contribution is -2.45. The first-order valence-electron chi connectivity index (χ1n) is 6.81. The van der Waals surface area contributed by atoms with E-state index in [9.17, 15) is 24.2 Å². The van der Waals surface area contributed by atoms with E-state index in [1.807, 2.05) is 0 Å². The third-order valence-corrected chi connectivity index (χ3v) is 4.12. The molecule has 1 fully saturated rings. The maximum Gasteiger partial charge on any atom is 0.330 e. The molecule has 0 saturated carbocycles. The van der Waals surface area contributed by atoms with Crippen molar-refractivity contribution < 1.29 is 19.3 Å². The zero-order valence-corrected chi connectivity index (χ0v) is 13.2. The normalized spacial score (nSPS) is 31.5. The van der Waals surface area contributed by atoms with Gasteiger partial charge >= 0.3 is 5.69 Å². The number of H-pyrrole nitrogens is 1. The monoisotopic (exact) mass is 346 g/mol. The number of alkyl halides is 2. The number of hydrogen-bond donors (Lipinski definition) is 3. The molecule has 0 bridgehead atoms. The molecule has 0 spiro atoms. The molecule has 2 rings (SSSR count). The number of aliphatic hydroxyl groups excluding tert-OH is 2. The zero-order valence-electron chi connectivity index (χ0n) is 12.4. The van der Waals surface area contributed by atoms with Crippen molar-refractivity contribution in [3.05, 3.63) is 32.6 Å². The van der Waals surface area contributed by atoms with Gasteiger partial charge in [-0.2, -0.15) is 0 Å². The number of aromatic amines is 1. The first kappa shape index (κ1) is 17.7. The smallest absolute Gasteiger partial charge is 0.330 e. The molecule has 126 valence electrons. The minimum absolute atomic E-state index is 0.217. The van der Waals surface area contributed by atoms with Gasteiger partial charge in [-0.3, -0.25) is 14.3 Å². The van der Waals surface area contributed by atoms with Crippen molar-refractivity contribution in [3.63, 3.8) is 0 Å². The fraction of sp³-hybridized carbons (Fsp3) is 0.571. The second kappa shape index (κ2) is 6.45. The Morgan fingerprint density at radius 2 is 2.26 bits per heavy atom. The van der Waals surface area contributed by atoms with Crippen LogP contribution in [0.2, 0.25) is 0 Å². The maximum absolute atomic E-state index is 12.4. The van der Waals surface area contributed by atoms with Gasteiger partial charge in [0.05, 0.1) is 6.10 Å². The van der Waals surface area contributed by atoms with E-state index in [2.05, 4.69) is 16.8 Å². The Morgan fingerprint density at radius 1 is 1.61 bits per heavy atom. The van der Waals surface area contributed by atoms with E-state index in [-0.39, 0.29) is 5.69 Å². The quantitative estimate of drug-likeness (QED) is 0.491. The van der Waals surface area contributed by atoms with Crippen LogP contribution in [0.5, 0.6) is 0 Å². The molecule has 1 aromatic heterocycles. The second-order valence-corrected chi connectivity index (χ2v) is 5.92. The molecule has 9 heteroatoms. The molecule has 23 heavy (non-hydrogen) atoms. The van der Waals surface area contributed by atoms with Crippen LogP contribution in [0, 0.1) is 18.8 Å². The molecule has 1 aliphatic rings. The van der Waals surface area contributed by atoms with E-state index in [0.717, 1.165) is 10.6 Å². The molecule has 0 aliphatic carbocycles. The van der Waals surface area contributed by atoms with Gasteiger partial charge in [-0.1, -0.05) is 23.4 Å². The number of aromatic nitrogens is 2. The van der Waals surface area contributed by atoms with Crippen molar-refractivity contribution in [2.24, 2.45) is 0 Å². The average Bonchev–Trinajstić information content (AvgIpc) is 2.70. The largest absolute Gasteiger partial charge is 0.391 e. The standard InChI is InChI=1S/C14H16ClFN2O5/c1-7-6-9(20)17-13(22)18(7)12-14(15,4-3-5-16)11(21)10(23-12)8(2)19/h6,8,10-12,19,21H,5H2,1-2H3,(H,17,20,22)/t8-,10+,11?,12+,14+/m0/s1. The van der Waals surface area contributed by atoms with Gasteiger partial charge in [-0.05, 0) is 13.8 Å². The Morgan fingerprint density at radius 3 is 2.78 bits per heavy atom. The van der Waals surface area contributed by atoms with Crippen LogP contribution in [-0.4, -0.2) is 49.6 Å². The van der Waals surface area contributed by atoms with Crippen molar-refractivity contribution in [2.45, 2.75) is 43.3 Å². The van der Waals surface area contributed by atoms with Crippen molar-refractivity contribution in [3.8, 4) is 11.8 Å². The summed E-state index contributed by atoms with van der Waals surface area (Å²) in [6, 6.07) is 1.15. The highest BCUT2D eigenvalue weighted by Crippen LogP contribution is 2.43. The Balaban J connectivity index is 2.63. The number of ether oxygens (including phenoxy) is 1. The third kappa shape index (κ3) is 3.05. The van der Waals surface area contributed by atoms with Gasteiger partial charge in [0.15, 0.2) is 11.1 Å². The van der Waals surface area contributed by atoms with E-state index in [1.54, 1.807) is 0 Å². The van der Waals surface area contributed by atoms with Gasteiger partial charge < -0.3 is 14.9 Å². The van der Waals surface area contributed by atoms with Crippen LogP contribution in [-0.2, 0) is 4.74 Å². The van der Waals surface area contributed by atoms with Gasteiger partial charge in [0.2, 0.25) is 0 Å². The number of hydrogen-bond acceptors (Lipinski definition) is 5. The molecule has 7 nitrogen and oxygen atoms in total. The fourth-order valence-electron chi connectivity index (χ4n) is 2.55. The fourth-order valence-corrected chi connectivity index (χ4v) is 2.89. The first-order valence-corrected chi connectivity index (χ1v) is 7.19. The Kier molecular flexibility index (Phi) is 4.96. The van der Waals surface area contributed by atoms with Crippen LogP contribution in [0.3, 0.4) is 0 Å². The van der Waals surface area contributed by atoms with Crippen molar-refractivity contribution in [1.29, 1.82) is 0 Å². The Hall–Kier alpha value is -1.66. The number of halogens is 2. The van der Waals surface area contributed by atoms with Crippen molar-refractivity contribution in [2.75, 3.05) is 6.67 Å². The third-order valence-electron chi connectivity index (χ3n) is 3.61. The number of nitrogens with zero attached hydrogens (tertiary/aromatic N) is 1. The van der Waals surface area contributed by atoms with E-state index < -0.39 is 47.3 Å². The summed E-state index contributed by atoms with van der Waals surface area (Å²) < 4.78 is 18.9. The molecule has 1 aromatic rings. The molecule has 0 aromatic carbocycles. The molecule has 2 heterocycles. The SMILES string of the molecule is Cc1cc(=O)[nH]c(=O)n1[C@@H]1O[C@H]([C@H](C)O)C(O)[C@]1(Cl)C#CCF. The lowest BCUT2D eigenvalue weighted by atomic mass is 9.96. The van der Waals surface area contributed by atoms with E-state index in [1.165, 1.54) is 13.8 Å². The van der Waals surface area contributed by atoms with E-state index in [4.69, 9.17) is 16.3 Å². The van der Waals surface area contributed by atoms with Crippen LogP contribution < -0.4 is 11.2 Å². The molecule has 3 N–H and O–H groups in total. The van der Waals surface area contributed by atoms with Gasteiger partial charge in [0.1, 0.15) is 18.9 Å². The van der Waals surface area contributed by atoms with Crippen LogP contribution in [0.25, 0.3) is 0 Å². The summed E-state index contributed by atoms with van der Waals surface area (Å²) in [6.45, 7) is 1.84. The number of rotatable bonds is 2. The maximum atomic E-state index is 12.4. The summed E-state index contributed by atoms with van der Waals surface area (Å²) in [6.07, 6.45) is -5.04. The van der Waals surface area contributed by atoms with E-state index >= 15 is 0 Å². The summed E-state index contributed by atoms with van der Waals surface area (Å²) in [5.74, 6) is 4.48. The molecule has 5 atom stereocenters. The highest BCUT2D eigenvalue weighted by Gasteiger charge is 2.57. The summed E-state index contributed by atoms with van der Waals surface area (Å²) in [7, 11) is 0. The predicted molar refractivity (Wildman–Crippen MR) is 80.0 cm³/mol. The summed E-state index contributed by atoms with van der Waals surface area (Å²) >= 11 is 6.34. The lowest BCUT2D eigenvalue weighted by Gasteiger charge is -2.26. The lowest BCUT2D eigenvalue weighted by molar-refractivity contribution is -0.0778. The summed E-state index contributed by atoms with van der Waals surface area (Å²) in [4.78, 5) is 23.6. The number of nitrogens with one attached hydrogen (secondary N) is 1.